The Bertz CT molecular complexity index is 355. The molecule has 74 valence electrons. The monoisotopic (exact) mass is 190 g/mol. The van der Waals surface area contributed by atoms with Crippen LogP contribution in [0.3, 0.4) is 0 Å². The van der Waals surface area contributed by atoms with Crippen molar-refractivity contribution in [1.82, 2.24) is 20.1 Å². The van der Waals surface area contributed by atoms with Gasteiger partial charge in [-0.3, -0.25) is 0 Å². The summed E-state index contributed by atoms with van der Waals surface area (Å²) in [6, 6.07) is 0. The van der Waals surface area contributed by atoms with Gasteiger partial charge in [-0.05, 0) is 32.9 Å². The summed E-state index contributed by atoms with van der Waals surface area (Å²) in [5.41, 5.74) is 1.46. The highest BCUT2D eigenvalue weighted by molar-refractivity contribution is 5.20. The van der Waals surface area contributed by atoms with E-state index in [0.29, 0.717) is 5.41 Å². The Morgan fingerprint density at radius 3 is 2.71 bits per heavy atom. The van der Waals surface area contributed by atoms with Crippen LogP contribution >= 0.6 is 0 Å². The number of aromatic nitrogens is 3. The Morgan fingerprint density at radius 2 is 2.14 bits per heavy atom. The van der Waals surface area contributed by atoms with Gasteiger partial charge in [-0.15, -0.1) is 5.10 Å². The van der Waals surface area contributed by atoms with E-state index in [9.17, 15) is 0 Å². The summed E-state index contributed by atoms with van der Waals surface area (Å²) in [5, 5.41) is 7.92. The van der Waals surface area contributed by atoms with Crippen molar-refractivity contribution in [3.8, 4) is 0 Å². The molecule has 2 aliphatic heterocycles. The van der Waals surface area contributed by atoms with E-state index >= 15 is 0 Å². The number of aryl methyl sites for hydroxylation is 1. The van der Waals surface area contributed by atoms with Crippen LogP contribution in [0.1, 0.15) is 24.4 Å². The van der Waals surface area contributed by atoms with Crippen molar-refractivity contribution in [3.05, 3.63) is 17.7 Å². The highest BCUT2D eigenvalue weighted by Gasteiger charge is 2.46. The lowest BCUT2D eigenvalue weighted by atomic mass is 9.82. The number of fused-ring (bicyclic) bond motifs is 2. The molecule has 2 fully saturated rings. The van der Waals surface area contributed by atoms with Gasteiger partial charge in [-0.1, -0.05) is 0 Å². The van der Waals surface area contributed by atoms with Crippen molar-refractivity contribution in [2.45, 2.75) is 25.2 Å². The fraction of sp³-hybridized carbons (Fsp3) is 0.700. The molecule has 2 bridgehead atoms. The zero-order valence-corrected chi connectivity index (χ0v) is 8.40. The second-order valence-electron chi connectivity index (χ2n) is 4.45. The molecule has 14 heavy (non-hydrogen) atoms. The molecule has 0 unspecified atom stereocenters. The lowest BCUT2D eigenvalue weighted by Gasteiger charge is -2.23. The largest absolute Gasteiger partial charge is 0.302 e. The van der Waals surface area contributed by atoms with E-state index in [2.05, 4.69) is 20.1 Å². The molecule has 0 atom stereocenters. The third-order valence-electron chi connectivity index (χ3n) is 3.55. The van der Waals surface area contributed by atoms with Gasteiger partial charge in [-0.2, -0.15) is 5.10 Å². The summed E-state index contributed by atoms with van der Waals surface area (Å²) in [6.07, 6.45) is 4.33. The molecular weight excluding hydrogens is 176 g/mol. The molecule has 2 aliphatic rings. The van der Waals surface area contributed by atoms with Gasteiger partial charge < -0.3 is 4.90 Å². The molecule has 0 amide bonds. The molecule has 4 heteroatoms. The first-order valence-corrected chi connectivity index (χ1v) is 5.18. The summed E-state index contributed by atoms with van der Waals surface area (Å²) < 4.78 is 0. The molecule has 3 rings (SSSR count). The maximum Gasteiger partial charge on any atom is 0.148 e. The molecule has 0 saturated carbocycles. The van der Waals surface area contributed by atoms with Crippen LogP contribution in [0.5, 0.6) is 0 Å². The molecule has 0 N–H and O–H groups in total. The van der Waals surface area contributed by atoms with Gasteiger partial charge in [-0.25, -0.2) is 4.98 Å². The summed E-state index contributed by atoms with van der Waals surface area (Å²) in [4.78, 5) is 7.04. The van der Waals surface area contributed by atoms with Crippen LogP contribution < -0.4 is 0 Å². The predicted octanol–water partition coefficient (Wildman–Crippen LogP) is 0.527. The molecule has 1 aromatic heterocycles. The number of rotatable bonds is 1. The van der Waals surface area contributed by atoms with Crippen LogP contribution in [-0.2, 0) is 5.41 Å². The van der Waals surface area contributed by atoms with Gasteiger partial charge in [0, 0.05) is 12.0 Å². The van der Waals surface area contributed by atoms with E-state index in [1.165, 1.54) is 32.5 Å². The van der Waals surface area contributed by atoms with E-state index in [0.717, 1.165) is 11.5 Å². The van der Waals surface area contributed by atoms with Crippen LogP contribution in [0.25, 0.3) is 0 Å². The summed E-state index contributed by atoms with van der Waals surface area (Å²) in [5.74, 6) is 0.794. The Labute approximate surface area is 83.4 Å². The minimum absolute atomic E-state index is 0.306. The second-order valence-corrected chi connectivity index (χ2v) is 4.45. The van der Waals surface area contributed by atoms with Crippen LogP contribution in [0.15, 0.2) is 6.20 Å². The standard InChI is InChI=1S/C10H14N4/c1-8-12-9(6-11-13-8)10-2-4-14(7-10)5-3-10/h6H,2-5,7H2,1H3. The molecular formula is C10H14N4. The third kappa shape index (κ3) is 1.07. The van der Waals surface area contributed by atoms with Crippen molar-refractivity contribution < 1.29 is 0 Å². The van der Waals surface area contributed by atoms with E-state index < -0.39 is 0 Å². The molecule has 0 radical (unpaired) electrons. The van der Waals surface area contributed by atoms with Crippen molar-refractivity contribution in [2.75, 3.05) is 19.6 Å². The Morgan fingerprint density at radius 1 is 1.36 bits per heavy atom. The van der Waals surface area contributed by atoms with E-state index in [1.54, 1.807) is 0 Å². The maximum absolute atomic E-state index is 4.52. The second kappa shape index (κ2) is 2.73. The Kier molecular flexibility index (Phi) is 1.62. The zero-order valence-electron chi connectivity index (χ0n) is 8.40. The highest BCUT2D eigenvalue weighted by atomic mass is 15.2. The first-order chi connectivity index (χ1) is 6.78. The van der Waals surface area contributed by atoms with Gasteiger partial charge in [0.1, 0.15) is 5.82 Å². The molecule has 1 aromatic rings. The lowest BCUT2D eigenvalue weighted by Crippen LogP contribution is -2.26. The average molecular weight is 190 g/mol. The van der Waals surface area contributed by atoms with Gasteiger partial charge >= 0.3 is 0 Å². The smallest absolute Gasteiger partial charge is 0.148 e. The van der Waals surface area contributed by atoms with Crippen molar-refractivity contribution >= 4 is 0 Å². The Balaban J connectivity index is 2.02. The summed E-state index contributed by atoms with van der Waals surface area (Å²) in [7, 11) is 0. The van der Waals surface area contributed by atoms with Crippen molar-refractivity contribution in [3.63, 3.8) is 0 Å². The van der Waals surface area contributed by atoms with E-state index in [-0.39, 0.29) is 0 Å². The number of hydrogen-bond donors (Lipinski definition) is 0. The summed E-state index contributed by atoms with van der Waals surface area (Å²) in [6.45, 7) is 5.53. The van der Waals surface area contributed by atoms with Gasteiger partial charge in [0.2, 0.25) is 0 Å². The third-order valence-corrected chi connectivity index (χ3v) is 3.55. The molecule has 2 saturated heterocycles. The highest BCUT2D eigenvalue weighted by Crippen LogP contribution is 2.41. The lowest BCUT2D eigenvalue weighted by molar-refractivity contribution is 0.362. The molecule has 4 nitrogen and oxygen atoms in total. The fourth-order valence-electron chi connectivity index (χ4n) is 2.71. The SMILES string of the molecule is Cc1nncc(C23CCN(CC2)C3)n1. The summed E-state index contributed by atoms with van der Waals surface area (Å²) >= 11 is 0. The predicted molar refractivity (Wildman–Crippen MR) is 51.9 cm³/mol. The normalized spacial score (nSPS) is 35.1. The molecule has 0 spiro atoms. The van der Waals surface area contributed by atoms with E-state index in [1.807, 2.05) is 13.1 Å². The zero-order chi connectivity index (χ0) is 9.60. The van der Waals surface area contributed by atoms with Gasteiger partial charge in [0.05, 0.1) is 11.9 Å². The molecule has 0 aliphatic carbocycles. The van der Waals surface area contributed by atoms with Crippen LogP contribution in [-0.4, -0.2) is 39.7 Å². The van der Waals surface area contributed by atoms with Crippen molar-refractivity contribution in [1.29, 1.82) is 0 Å². The first kappa shape index (κ1) is 8.29. The number of hydrogen-bond acceptors (Lipinski definition) is 4. The minimum atomic E-state index is 0.306. The maximum atomic E-state index is 4.52. The number of piperidine rings is 1. The topological polar surface area (TPSA) is 41.9 Å². The van der Waals surface area contributed by atoms with Crippen LogP contribution in [0.4, 0.5) is 0 Å². The minimum Gasteiger partial charge on any atom is -0.302 e. The average Bonchev–Trinajstić information content (AvgIpc) is 2.78. The Hall–Kier alpha value is -1.03. The molecule has 3 heterocycles. The number of nitrogens with zero attached hydrogens (tertiary/aromatic N) is 4. The van der Waals surface area contributed by atoms with Crippen LogP contribution in [0, 0.1) is 6.92 Å². The quantitative estimate of drug-likeness (QED) is 0.647. The van der Waals surface area contributed by atoms with E-state index in [4.69, 9.17) is 0 Å². The van der Waals surface area contributed by atoms with Gasteiger partial charge in [0.25, 0.3) is 0 Å². The first-order valence-electron chi connectivity index (χ1n) is 5.18. The molecule has 0 aromatic carbocycles. The fourth-order valence-corrected chi connectivity index (χ4v) is 2.71. The van der Waals surface area contributed by atoms with Crippen molar-refractivity contribution in [2.24, 2.45) is 0 Å². The van der Waals surface area contributed by atoms with Gasteiger partial charge in [0.15, 0.2) is 0 Å². The van der Waals surface area contributed by atoms with Crippen LogP contribution in [0.2, 0.25) is 0 Å².